The molecule has 0 N–H and O–H groups in total. The minimum Gasteiger partial charge on any atom is -0.416 e. The van der Waals surface area contributed by atoms with E-state index < -0.39 is 0 Å². The lowest BCUT2D eigenvalue weighted by atomic mass is 10.00. The van der Waals surface area contributed by atoms with Crippen molar-refractivity contribution in [3.63, 3.8) is 0 Å². The van der Waals surface area contributed by atoms with E-state index >= 15 is 0 Å². The summed E-state index contributed by atoms with van der Waals surface area (Å²) in [5.74, 6) is 1.11. The van der Waals surface area contributed by atoms with Gasteiger partial charge in [-0.15, -0.1) is 10.2 Å². The van der Waals surface area contributed by atoms with Crippen molar-refractivity contribution in [3.8, 4) is 22.9 Å². The van der Waals surface area contributed by atoms with E-state index in [9.17, 15) is 0 Å². The van der Waals surface area contributed by atoms with Crippen LogP contribution in [-0.4, -0.2) is 10.2 Å². The predicted molar refractivity (Wildman–Crippen MR) is 99.2 cm³/mol. The molecule has 0 fully saturated rings. The van der Waals surface area contributed by atoms with E-state index in [1.165, 1.54) is 16.7 Å². The maximum Gasteiger partial charge on any atom is 0.248 e. The van der Waals surface area contributed by atoms with Gasteiger partial charge in [-0.25, -0.2) is 0 Å². The average molecular weight is 326 g/mol. The topological polar surface area (TPSA) is 38.9 Å². The Bertz CT molecular complexity index is 990. The Morgan fingerprint density at radius 2 is 1.52 bits per heavy atom. The van der Waals surface area contributed by atoms with Crippen LogP contribution in [0.3, 0.4) is 0 Å². The third kappa shape index (κ3) is 3.36. The summed E-state index contributed by atoms with van der Waals surface area (Å²) in [5, 5.41) is 8.51. The van der Waals surface area contributed by atoms with Gasteiger partial charge in [0.15, 0.2) is 0 Å². The molecule has 0 saturated heterocycles. The number of rotatable bonds is 4. The highest BCUT2D eigenvalue weighted by molar-refractivity contribution is 5.62. The molecule has 3 heteroatoms. The summed E-state index contributed by atoms with van der Waals surface area (Å²) in [7, 11) is 0. The molecule has 0 aliphatic carbocycles. The van der Waals surface area contributed by atoms with Crippen molar-refractivity contribution in [1.82, 2.24) is 10.2 Å². The number of benzene rings is 3. The Labute approximate surface area is 147 Å². The fourth-order valence-electron chi connectivity index (χ4n) is 2.93. The highest BCUT2D eigenvalue weighted by Crippen LogP contribution is 2.28. The minimum atomic E-state index is 0.549. The molecule has 4 aromatic rings. The summed E-state index contributed by atoms with van der Waals surface area (Å²) in [5.41, 5.74) is 5.53. The largest absolute Gasteiger partial charge is 0.416 e. The third-order valence-corrected chi connectivity index (χ3v) is 4.18. The van der Waals surface area contributed by atoms with Gasteiger partial charge in [0.05, 0.1) is 0 Å². The van der Waals surface area contributed by atoms with Crippen LogP contribution in [0.4, 0.5) is 0 Å². The lowest BCUT2D eigenvalue weighted by Gasteiger charge is -2.06. The first-order valence-corrected chi connectivity index (χ1v) is 8.32. The van der Waals surface area contributed by atoms with E-state index in [2.05, 4.69) is 53.5 Å². The van der Waals surface area contributed by atoms with Crippen LogP contribution in [0.5, 0.6) is 0 Å². The normalized spacial score (nSPS) is 10.8. The fraction of sp³-hybridized carbons (Fsp3) is 0.0909. The first kappa shape index (κ1) is 15.3. The van der Waals surface area contributed by atoms with E-state index in [-0.39, 0.29) is 0 Å². The van der Waals surface area contributed by atoms with Crippen LogP contribution in [0.25, 0.3) is 22.9 Å². The monoisotopic (exact) mass is 326 g/mol. The SMILES string of the molecule is Cc1cccc(-c2nnc(-c3ccccc3Cc3ccccc3)o2)c1. The third-order valence-electron chi connectivity index (χ3n) is 4.18. The van der Waals surface area contributed by atoms with Crippen LogP contribution in [0.1, 0.15) is 16.7 Å². The maximum atomic E-state index is 5.97. The fourth-order valence-corrected chi connectivity index (χ4v) is 2.93. The maximum absolute atomic E-state index is 5.97. The Morgan fingerprint density at radius 3 is 2.36 bits per heavy atom. The van der Waals surface area contributed by atoms with Crippen molar-refractivity contribution < 1.29 is 4.42 Å². The van der Waals surface area contributed by atoms with Crippen LogP contribution >= 0.6 is 0 Å². The highest BCUT2D eigenvalue weighted by Gasteiger charge is 2.14. The van der Waals surface area contributed by atoms with Gasteiger partial charge >= 0.3 is 0 Å². The molecule has 0 spiro atoms. The van der Waals surface area contributed by atoms with Gasteiger partial charge in [-0.05, 0) is 42.7 Å². The molecule has 0 aliphatic rings. The minimum absolute atomic E-state index is 0.549. The molecule has 3 nitrogen and oxygen atoms in total. The smallest absolute Gasteiger partial charge is 0.248 e. The Morgan fingerprint density at radius 1 is 0.760 bits per heavy atom. The lowest BCUT2D eigenvalue weighted by molar-refractivity contribution is 0.584. The van der Waals surface area contributed by atoms with Crippen LogP contribution in [0.15, 0.2) is 83.3 Å². The molecule has 0 amide bonds. The number of hydrogen-bond acceptors (Lipinski definition) is 3. The van der Waals surface area contributed by atoms with Gasteiger partial charge in [-0.1, -0.05) is 66.2 Å². The molecule has 3 aromatic carbocycles. The summed E-state index contributed by atoms with van der Waals surface area (Å²) in [6.07, 6.45) is 0.833. The van der Waals surface area contributed by atoms with Gasteiger partial charge in [0, 0.05) is 11.1 Å². The number of aromatic nitrogens is 2. The summed E-state index contributed by atoms with van der Waals surface area (Å²) >= 11 is 0. The first-order valence-electron chi connectivity index (χ1n) is 8.32. The van der Waals surface area contributed by atoms with Crippen molar-refractivity contribution in [2.75, 3.05) is 0 Å². The molecular weight excluding hydrogens is 308 g/mol. The molecule has 0 aliphatic heterocycles. The van der Waals surface area contributed by atoms with Crippen LogP contribution in [-0.2, 0) is 6.42 Å². The van der Waals surface area contributed by atoms with Crippen molar-refractivity contribution in [3.05, 3.63) is 95.6 Å². The van der Waals surface area contributed by atoms with Crippen molar-refractivity contribution in [2.24, 2.45) is 0 Å². The zero-order valence-corrected chi connectivity index (χ0v) is 14.0. The second kappa shape index (κ2) is 6.73. The molecule has 0 bridgehead atoms. The number of hydrogen-bond donors (Lipinski definition) is 0. The first-order chi connectivity index (χ1) is 12.3. The summed E-state index contributed by atoms with van der Waals surface area (Å²) in [6.45, 7) is 2.05. The molecule has 0 radical (unpaired) electrons. The van der Waals surface area contributed by atoms with E-state index in [0.29, 0.717) is 11.8 Å². The van der Waals surface area contributed by atoms with Crippen molar-refractivity contribution >= 4 is 0 Å². The van der Waals surface area contributed by atoms with Gasteiger partial charge in [0.2, 0.25) is 11.8 Å². The van der Waals surface area contributed by atoms with Crippen LogP contribution in [0, 0.1) is 6.92 Å². The molecule has 4 rings (SSSR count). The standard InChI is InChI=1S/C22H18N2O/c1-16-8-7-12-19(14-16)21-23-24-22(25-21)20-13-6-5-11-18(20)15-17-9-3-2-4-10-17/h2-14H,15H2,1H3. The quantitative estimate of drug-likeness (QED) is 0.510. The van der Waals surface area contributed by atoms with Gasteiger partial charge in [0.1, 0.15) is 0 Å². The Kier molecular flexibility index (Phi) is 4.13. The lowest BCUT2D eigenvalue weighted by Crippen LogP contribution is -1.92. The summed E-state index contributed by atoms with van der Waals surface area (Å²) in [6, 6.07) is 26.7. The van der Waals surface area contributed by atoms with Gasteiger partial charge in [-0.2, -0.15) is 0 Å². The Balaban J connectivity index is 1.69. The molecular formula is C22H18N2O. The van der Waals surface area contributed by atoms with Crippen molar-refractivity contribution in [1.29, 1.82) is 0 Å². The van der Waals surface area contributed by atoms with Gasteiger partial charge in [0.25, 0.3) is 0 Å². The van der Waals surface area contributed by atoms with Crippen molar-refractivity contribution in [2.45, 2.75) is 13.3 Å². The molecule has 0 saturated carbocycles. The molecule has 122 valence electrons. The second-order valence-electron chi connectivity index (χ2n) is 6.10. The predicted octanol–water partition coefficient (Wildman–Crippen LogP) is 5.30. The van der Waals surface area contributed by atoms with E-state index in [0.717, 1.165) is 17.5 Å². The van der Waals surface area contributed by atoms with E-state index in [1.807, 2.05) is 42.5 Å². The van der Waals surface area contributed by atoms with Crippen LogP contribution in [0.2, 0.25) is 0 Å². The zero-order valence-electron chi connectivity index (χ0n) is 14.0. The van der Waals surface area contributed by atoms with Crippen LogP contribution < -0.4 is 0 Å². The number of nitrogens with zero attached hydrogens (tertiary/aromatic N) is 2. The number of aryl methyl sites for hydroxylation is 1. The second-order valence-corrected chi connectivity index (χ2v) is 6.10. The van der Waals surface area contributed by atoms with E-state index in [1.54, 1.807) is 0 Å². The molecule has 0 atom stereocenters. The molecule has 0 unspecified atom stereocenters. The Hall–Kier alpha value is -3.20. The summed E-state index contributed by atoms with van der Waals surface area (Å²) < 4.78 is 5.97. The van der Waals surface area contributed by atoms with Gasteiger partial charge < -0.3 is 4.42 Å². The molecule has 25 heavy (non-hydrogen) atoms. The summed E-state index contributed by atoms with van der Waals surface area (Å²) in [4.78, 5) is 0. The molecule has 1 aromatic heterocycles. The van der Waals surface area contributed by atoms with E-state index in [4.69, 9.17) is 4.42 Å². The van der Waals surface area contributed by atoms with Gasteiger partial charge in [-0.3, -0.25) is 0 Å². The highest BCUT2D eigenvalue weighted by atomic mass is 16.4. The average Bonchev–Trinajstić information content (AvgIpc) is 3.13. The zero-order chi connectivity index (χ0) is 17.1. The molecule has 1 heterocycles.